The van der Waals surface area contributed by atoms with Crippen molar-refractivity contribution < 1.29 is 4.74 Å². The van der Waals surface area contributed by atoms with Crippen LogP contribution in [0.1, 0.15) is 12.8 Å². The number of nitrogens with zero attached hydrogens (tertiary/aromatic N) is 2. The maximum atomic E-state index is 5.69. The van der Waals surface area contributed by atoms with Crippen molar-refractivity contribution >= 4 is 5.82 Å². The van der Waals surface area contributed by atoms with Gasteiger partial charge in [0, 0.05) is 25.9 Å². The summed E-state index contributed by atoms with van der Waals surface area (Å²) in [5, 5.41) is 3.00. The number of pyridine rings is 1. The van der Waals surface area contributed by atoms with Gasteiger partial charge in [-0.15, -0.1) is 0 Å². The number of anilines is 1. The van der Waals surface area contributed by atoms with Gasteiger partial charge in [0.05, 0.1) is 0 Å². The van der Waals surface area contributed by atoms with Crippen LogP contribution in [0, 0.1) is 0 Å². The van der Waals surface area contributed by atoms with Crippen molar-refractivity contribution in [2.45, 2.75) is 12.8 Å². The molecule has 4 heteroatoms. The Hall–Kier alpha value is -1.29. The Labute approximate surface area is 96.6 Å². The van der Waals surface area contributed by atoms with E-state index in [1.807, 2.05) is 19.2 Å². The standard InChI is InChI=1S/C12H19N3O/c1-13-12-10-11(4-5-14-12)16-9-8-15-6-2-3-7-15/h4-5,10H,2-3,6-9H2,1H3,(H,13,14). The highest BCUT2D eigenvalue weighted by Gasteiger charge is 2.10. The maximum Gasteiger partial charge on any atom is 0.129 e. The number of aromatic nitrogens is 1. The molecular formula is C12H19N3O. The minimum Gasteiger partial charge on any atom is -0.492 e. The fourth-order valence-electron chi connectivity index (χ4n) is 1.94. The zero-order chi connectivity index (χ0) is 11.2. The smallest absolute Gasteiger partial charge is 0.129 e. The molecular weight excluding hydrogens is 202 g/mol. The molecule has 1 aliphatic heterocycles. The van der Waals surface area contributed by atoms with Crippen LogP contribution in [0.3, 0.4) is 0 Å². The van der Waals surface area contributed by atoms with Crippen molar-refractivity contribution in [1.29, 1.82) is 0 Å². The van der Waals surface area contributed by atoms with E-state index >= 15 is 0 Å². The Morgan fingerprint density at radius 3 is 3.00 bits per heavy atom. The molecule has 2 heterocycles. The molecule has 0 aliphatic carbocycles. The van der Waals surface area contributed by atoms with Crippen LogP contribution < -0.4 is 10.1 Å². The van der Waals surface area contributed by atoms with E-state index in [1.54, 1.807) is 6.20 Å². The summed E-state index contributed by atoms with van der Waals surface area (Å²) in [5.41, 5.74) is 0. The summed E-state index contributed by atoms with van der Waals surface area (Å²) in [6, 6.07) is 3.81. The van der Waals surface area contributed by atoms with Gasteiger partial charge in [-0.25, -0.2) is 4.98 Å². The van der Waals surface area contributed by atoms with Crippen molar-refractivity contribution in [2.75, 3.05) is 38.6 Å². The fourth-order valence-corrected chi connectivity index (χ4v) is 1.94. The highest BCUT2D eigenvalue weighted by Crippen LogP contribution is 2.14. The minimum atomic E-state index is 0.757. The molecule has 1 fully saturated rings. The lowest BCUT2D eigenvalue weighted by Crippen LogP contribution is -2.25. The van der Waals surface area contributed by atoms with Crippen LogP contribution in [0.15, 0.2) is 18.3 Å². The molecule has 0 saturated carbocycles. The average molecular weight is 221 g/mol. The van der Waals surface area contributed by atoms with Gasteiger partial charge in [-0.05, 0) is 32.0 Å². The third kappa shape index (κ3) is 3.10. The molecule has 1 saturated heterocycles. The molecule has 4 nitrogen and oxygen atoms in total. The van der Waals surface area contributed by atoms with Crippen LogP contribution in [0.2, 0.25) is 0 Å². The van der Waals surface area contributed by atoms with Gasteiger partial charge >= 0.3 is 0 Å². The van der Waals surface area contributed by atoms with Gasteiger partial charge in [0.2, 0.25) is 0 Å². The number of hydrogen-bond donors (Lipinski definition) is 1. The van der Waals surface area contributed by atoms with E-state index in [0.29, 0.717) is 0 Å². The SMILES string of the molecule is CNc1cc(OCCN2CCCC2)ccn1. The van der Waals surface area contributed by atoms with Gasteiger partial charge in [0.15, 0.2) is 0 Å². The Morgan fingerprint density at radius 2 is 2.25 bits per heavy atom. The Bertz CT molecular complexity index is 324. The number of ether oxygens (including phenoxy) is 1. The lowest BCUT2D eigenvalue weighted by atomic mass is 10.4. The minimum absolute atomic E-state index is 0.757. The Kier molecular flexibility index (Phi) is 3.99. The largest absolute Gasteiger partial charge is 0.492 e. The third-order valence-electron chi connectivity index (χ3n) is 2.86. The van der Waals surface area contributed by atoms with Crippen LogP contribution in [0.4, 0.5) is 5.82 Å². The number of hydrogen-bond acceptors (Lipinski definition) is 4. The van der Waals surface area contributed by atoms with E-state index in [2.05, 4.69) is 15.2 Å². The van der Waals surface area contributed by atoms with E-state index in [4.69, 9.17) is 4.74 Å². The molecule has 0 radical (unpaired) electrons. The van der Waals surface area contributed by atoms with Crippen LogP contribution in [-0.2, 0) is 0 Å². The number of nitrogens with one attached hydrogen (secondary N) is 1. The number of likely N-dealkylation sites (tertiary alicyclic amines) is 1. The first-order valence-electron chi connectivity index (χ1n) is 5.87. The zero-order valence-corrected chi connectivity index (χ0v) is 9.78. The van der Waals surface area contributed by atoms with E-state index in [9.17, 15) is 0 Å². The summed E-state index contributed by atoms with van der Waals surface area (Å²) >= 11 is 0. The highest BCUT2D eigenvalue weighted by atomic mass is 16.5. The second kappa shape index (κ2) is 5.70. The van der Waals surface area contributed by atoms with Gasteiger partial charge in [0.1, 0.15) is 18.2 Å². The van der Waals surface area contributed by atoms with E-state index < -0.39 is 0 Å². The van der Waals surface area contributed by atoms with Crippen molar-refractivity contribution in [3.63, 3.8) is 0 Å². The molecule has 16 heavy (non-hydrogen) atoms. The van der Waals surface area contributed by atoms with E-state index in [0.717, 1.165) is 24.7 Å². The Balaban J connectivity index is 1.75. The molecule has 1 aromatic heterocycles. The predicted octanol–water partition coefficient (Wildman–Crippen LogP) is 1.60. The summed E-state index contributed by atoms with van der Waals surface area (Å²) in [6.07, 6.45) is 4.43. The van der Waals surface area contributed by atoms with Crippen molar-refractivity contribution in [3.05, 3.63) is 18.3 Å². The quantitative estimate of drug-likeness (QED) is 0.819. The maximum absolute atomic E-state index is 5.69. The molecule has 88 valence electrons. The Morgan fingerprint density at radius 1 is 1.44 bits per heavy atom. The van der Waals surface area contributed by atoms with Crippen LogP contribution >= 0.6 is 0 Å². The van der Waals surface area contributed by atoms with Crippen molar-refractivity contribution in [1.82, 2.24) is 9.88 Å². The van der Waals surface area contributed by atoms with Gasteiger partial charge in [-0.2, -0.15) is 0 Å². The van der Waals surface area contributed by atoms with Crippen molar-refractivity contribution in [3.8, 4) is 5.75 Å². The summed E-state index contributed by atoms with van der Waals surface area (Å²) in [4.78, 5) is 6.59. The third-order valence-corrected chi connectivity index (χ3v) is 2.86. The van der Waals surface area contributed by atoms with Crippen molar-refractivity contribution in [2.24, 2.45) is 0 Å². The second-order valence-corrected chi connectivity index (χ2v) is 4.02. The van der Waals surface area contributed by atoms with E-state index in [1.165, 1.54) is 25.9 Å². The monoisotopic (exact) mass is 221 g/mol. The average Bonchev–Trinajstić information content (AvgIpc) is 2.82. The first-order valence-corrected chi connectivity index (χ1v) is 5.87. The topological polar surface area (TPSA) is 37.4 Å². The predicted molar refractivity (Wildman–Crippen MR) is 65.0 cm³/mol. The van der Waals surface area contributed by atoms with Gasteiger partial charge < -0.3 is 10.1 Å². The highest BCUT2D eigenvalue weighted by molar-refractivity contribution is 5.39. The van der Waals surface area contributed by atoms with Crippen LogP contribution in [0.25, 0.3) is 0 Å². The molecule has 2 rings (SSSR count). The lowest BCUT2D eigenvalue weighted by Gasteiger charge is -2.15. The molecule has 0 bridgehead atoms. The van der Waals surface area contributed by atoms with Gasteiger partial charge in [0.25, 0.3) is 0 Å². The molecule has 0 unspecified atom stereocenters. The molecule has 0 aromatic carbocycles. The molecule has 0 amide bonds. The number of rotatable bonds is 5. The molecule has 1 N–H and O–H groups in total. The first-order chi connectivity index (χ1) is 7.88. The molecule has 1 aliphatic rings. The molecule has 1 aromatic rings. The normalized spacial score (nSPS) is 16.3. The van der Waals surface area contributed by atoms with Gasteiger partial charge in [-0.1, -0.05) is 0 Å². The lowest BCUT2D eigenvalue weighted by molar-refractivity contribution is 0.237. The second-order valence-electron chi connectivity index (χ2n) is 4.02. The van der Waals surface area contributed by atoms with Crippen LogP contribution in [-0.4, -0.2) is 43.2 Å². The summed E-state index contributed by atoms with van der Waals surface area (Å²) < 4.78 is 5.69. The summed E-state index contributed by atoms with van der Waals surface area (Å²) in [6.45, 7) is 4.23. The molecule has 0 atom stereocenters. The fraction of sp³-hybridized carbons (Fsp3) is 0.583. The first kappa shape index (κ1) is 11.2. The van der Waals surface area contributed by atoms with E-state index in [-0.39, 0.29) is 0 Å². The summed E-state index contributed by atoms with van der Waals surface area (Å²) in [7, 11) is 1.86. The molecule has 0 spiro atoms. The van der Waals surface area contributed by atoms with Crippen LogP contribution in [0.5, 0.6) is 5.75 Å². The zero-order valence-electron chi connectivity index (χ0n) is 9.78. The van der Waals surface area contributed by atoms with Gasteiger partial charge in [-0.3, -0.25) is 4.90 Å². The summed E-state index contributed by atoms with van der Waals surface area (Å²) in [5.74, 6) is 1.73.